The van der Waals surface area contributed by atoms with Crippen molar-refractivity contribution in [3.8, 4) is 33.5 Å². The zero-order chi connectivity index (χ0) is 36.6. The summed E-state index contributed by atoms with van der Waals surface area (Å²) in [6.45, 7) is 2.34. The molecule has 2 atom stereocenters. The zero-order valence-electron chi connectivity index (χ0n) is 29.1. The summed E-state index contributed by atoms with van der Waals surface area (Å²) in [7, 11) is 1.98. The molecule has 4 N–H and O–H groups in total. The molecule has 2 fully saturated rings. The monoisotopic (exact) mass is 748 g/mol. The first-order valence-electron chi connectivity index (χ1n) is 17.8. The predicted octanol–water partition coefficient (Wildman–Crippen LogP) is 5.63. The van der Waals surface area contributed by atoms with Gasteiger partial charge in [-0.2, -0.15) is 0 Å². The molecule has 270 valence electrons. The average molecular weight is 750 g/mol. The number of fused-ring (bicyclic) bond motifs is 2. The Morgan fingerprint density at radius 1 is 0.792 bits per heavy atom. The van der Waals surface area contributed by atoms with Gasteiger partial charge < -0.3 is 25.8 Å². The second-order valence-corrected chi connectivity index (χ2v) is 14.5. The van der Waals surface area contributed by atoms with Crippen LogP contribution in [0.25, 0.3) is 50.2 Å². The van der Waals surface area contributed by atoms with Crippen molar-refractivity contribution in [2.45, 2.75) is 50.9 Å². The van der Waals surface area contributed by atoms with Crippen molar-refractivity contribution in [1.82, 2.24) is 40.2 Å². The molecule has 6 aromatic rings. The van der Waals surface area contributed by atoms with Gasteiger partial charge in [-0.1, -0.05) is 59.6 Å². The lowest BCUT2D eigenvalue weighted by atomic mass is 9.97. The summed E-state index contributed by atoms with van der Waals surface area (Å²) in [5, 5.41) is 14.8. The second-order valence-electron chi connectivity index (χ2n) is 13.8. The van der Waals surface area contributed by atoms with Crippen LogP contribution in [0.1, 0.15) is 36.8 Å². The SMILES string of the molecule is Cn1cc(CNC[C@@H]2CCC(=O)N2)c2ccc(-c3cccc(-c4cccc(-c5ccn6c(=O)c(CNC[C@H]7CCC(=O)N7)cnc6c5)c4Cl)c3Cl)nc21. The van der Waals surface area contributed by atoms with Gasteiger partial charge in [0.1, 0.15) is 11.3 Å². The van der Waals surface area contributed by atoms with Gasteiger partial charge in [0.25, 0.3) is 5.56 Å². The van der Waals surface area contributed by atoms with E-state index in [9.17, 15) is 14.4 Å². The number of aromatic nitrogens is 4. The maximum Gasteiger partial charge on any atom is 0.262 e. The molecule has 6 heterocycles. The topological polar surface area (TPSA) is 134 Å². The van der Waals surface area contributed by atoms with E-state index in [0.29, 0.717) is 53.7 Å². The number of carbonyl (C=O) groups is 2. The number of amides is 2. The number of rotatable bonds is 11. The smallest absolute Gasteiger partial charge is 0.262 e. The van der Waals surface area contributed by atoms with Gasteiger partial charge in [-0.05, 0) is 48.2 Å². The van der Waals surface area contributed by atoms with Crippen LogP contribution in [-0.4, -0.2) is 55.9 Å². The number of carbonyl (C=O) groups excluding carboxylic acids is 2. The van der Waals surface area contributed by atoms with Gasteiger partial charge in [-0.25, -0.2) is 9.97 Å². The van der Waals surface area contributed by atoms with Crippen LogP contribution < -0.4 is 26.8 Å². The standard InChI is InChI=1S/C40H38Cl2N8O3/c1-49-22-25(18-44-21-27-9-13-36(52)47-27)29-10-11-33(48-39(29)49)32-7-3-6-31(38(32)42)30-5-2-4-28(37(30)41)23-14-15-50-34(16-23)45-19-24(40(50)53)17-43-20-26-8-12-35(51)46-26/h2-7,10-11,14-16,19,22,26-27,43-44H,8-9,12-13,17-18,20-21H2,1H3,(H,46,51)(H,47,52)/t26-,27+/m1/s1. The molecular formula is C40H38Cl2N8O3. The van der Waals surface area contributed by atoms with Crippen LogP contribution in [0.3, 0.4) is 0 Å². The molecule has 0 saturated carbocycles. The Balaban J connectivity index is 1.03. The highest BCUT2D eigenvalue weighted by Gasteiger charge is 2.22. The van der Waals surface area contributed by atoms with Crippen LogP contribution in [0.2, 0.25) is 10.0 Å². The molecule has 0 unspecified atom stereocenters. The minimum absolute atomic E-state index is 0.0637. The molecule has 2 amide bonds. The van der Waals surface area contributed by atoms with E-state index in [4.69, 9.17) is 28.2 Å². The number of hydrogen-bond donors (Lipinski definition) is 4. The van der Waals surface area contributed by atoms with Crippen molar-refractivity contribution in [2.75, 3.05) is 13.1 Å². The Hall–Kier alpha value is -5.07. The van der Waals surface area contributed by atoms with E-state index in [2.05, 4.69) is 38.5 Å². The quantitative estimate of drug-likeness (QED) is 0.135. The normalized spacial score (nSPS) is 17.2. The van der Waals surface area contributed by atoms with Crippen LogP contribution in [0, 0.1) is 0 Å². The van der Waals surface area contributed by atoms with E-state index >= 15 is 0 Å². The first kappa shape index (κ1) is 35.0. The summed E-state index contributed by atoms with van der Waals surface area (Å²) in [5.41, 5.74) is 7.55. The average Bonchev–Trinajstić information content (AvgIpc) is 3.87. The number of hydrogen-bond acceptors (Lipinski definition) is 7. The van der Waals surface area contributed by atoms with E-state index in [1.807, 2.05) is 66.2 Å². The van der Waals surface area contributed by atoms with Gasteiger partial charge in [0.2, 0.25) is 11.8 Å². The van der Waals surface area contributed by atoms with Crippen molar-refractivity contribution in [2.24, 2.45) is 7.05 Å². The molecule has 2 saturated heterocycles. The highest BCUT2D eigenvalue weighted by atomic mass is 35.5. The van der Waals surface area contributed by atoms with E-state index < -0.39 is 0 Å². The second kappa shape index (κ2) is 14.7. The molecule has 0 aliphatic carbocycles. The summed E-state index contributed by atoms with van der Waals surface area (Å²) in [4.78, 5) is 45.9. The summed E-state index contributed by atoms with van der Waals surface area (Å²) >= 11 is 14.3. The largest absolute Gasteiger partial charge is 0.352 e. The Labute approximate surface area is 315 Å². The maximum atomic E-state index is 13.3. The van der Waals surface area contributed by atoms with Crippen molar-refractivity contribution in [1.29, 1.82) is 0 Å². The molecule has 0 radical (unpaired) electrons. The van der Waals surface area contributed by atoms with Crippen LogP contribution in [0.15, 0.2) is 84.0 Å². The third-order valence-electron chi connectivity index (χ3n) is 10.1. The highest BCUT2D eigenvalue weighted by Crippen LogP contribution is 2.42. The molecule has 2 aliphatic rings. The van der Waals surface area contributed by atoms with Crippen molar-refractivity contribution in [3.63, 3.8) is 0 Å². The summed E-state index contributed by atoms with van der Waals surface area (Å²) in [6, 6.07) is 19.7. The fourth-order valence-electron chi connectivity index (χ4n) is 7.35. The molecule has 0 spiro atoms. The van der Waals surface area contributed by atoms with Crippen LogP contribution >= 0.6 is 23.2 Å². The molecule has 11 nitrogen and oxygen atoms in total. The molecule has 53 heavy (non-hydrogen) atoms. The Morgan fingerprint density at radius 3 is 2.08 bits per heavy atom. The molecular weight excluding hydrogens is 711 g/mol. The van der Waals surface area contributed by atoms with Gasteiger partial charge in [-0.15, -0.1) is 0 Å². The van der Waals surface area contributed by atoms with Gasteiger partial charge in [0.15, 0.2) is 0 Å². The van der Waals surface area contributed by atoms with Gasteiger partial charge >= 0.3 is 0 Å². The lowest BCUT2D eigenvalue weighted by Crippen LogP contribution is -2.36. The maximum absolute atomic E-state index is 13.3. The fraction of sp³-hybridized carbons (Fsp3) is 0.275. The van der Waals surface area contributed by atoms with E-state index in [1.165, 1.54) is 4.40 Å². The number of nitrogens with zero attached hydrogens (tertiary/aromatic N) is 4. The van der Waals surface area contributed by atoms with Crippen molar-refractivity contribution < 1.29 is 9.59 Å². The molecule has 2 aliphatic heterocycles. The predicted molar refractivity (Wildman–Crippen MR) is 208 cm³/mol. The summed E-state index contributed by atoms with van der Waals surface area (Å²) in [6.07, 6.45) is 8.18. The molecule has 0 bridgehead atoms. The fourth-order valence-corrected chi connectivity index (χ4v) is 8.01. The number of aryl methyl sites for hydroxylation is 1. The third kappa shape index (κ3) is 7.05. The Kier molecular flexibility index (Phi) is 9.74. The Bertz CT molecular complexity index is 2460. The lowest BCUT2D eigenvalue weighted by molar-refractivity contribution is -0.120. The number of halogens is 2. The van der Waals surface area contributed by atoms with E-state index in [1.54, 1.807) is 12.4 Å². The summed E-state index contributed by atoms with van der Waals surface area (Å²) < 4.78 is 3.55. The number of pyridine rings is 2. The highest BCUT2D eigenvalue weighted by molar-refractivity contribution is 6.39. The molecule has 13 heteroatoms. The van der Waals surface area contributed by atoms with E-state index in [-0.39, 0.29) is 29.5 Å². The van der Waals surface area contributed by atoms with Crippen molar-refractivity contribution in [3.05, 3.63) is 111 Å². The van der Waals surface area contributed by atoms with Crippen molar-refractivity contribution >= 4 is 51.7 Å². The van der Waals surface area contributed by atoms with Gasteiger partial charge in [-0.3, -0.25) is 18.8 Å². The van der Waals surface area contributed by atoms with Gasteiger partial charge in [0.05, 0.1) is 15.7 Å². The Morgan fingerprint density at radius 2 is 1.42 bits per heavy atom. The molecule has 4 aromatic heterocycles. The zero-order valence-corrected chi connectivity index (χ0v) is 30.6. The first-order chi connectivity index (χ1) is 25.7. The molecule has 2 aromatic carbocycles. The van der Waals surface area contributed by atoms with Gasteiger partial charge in [0, 0.05) is 110 Å². The van der Waals surface area contributed by atoms with E-state index in [0.717, 1.165) is 69.5 Å². The van der Waals surface area contributed by atoms with Crippen LogP contribution in [-0.2, 0) is 29.7 Å². The summed E-state index contributed by atoms with van der Waals surface area (Å²) in [5.74, 6) is 0.180. The minimum Gasteiger partial charge on any atom is -0.352 e. The minimum atomic E-state index is -0.154. The van der Waals surface area contributed by atoms with Crippen LogP contribution in [0.4, 0.5) is 0 Å². The number of benzene rings is 2. The van der Waals surface area contributed by atoms with Crippen LogP contribution in [0.5, 0.6) is 0 Å². The number of nitrogens with one attached hydrogen (secondary N) is 4. The lowest BCUT2D eigenvalue weighted by Gasteiger charge is -2.14. The third-order valence-corrected chi connectivity index (χ3v) is 11.0. The first-order valence-corrected chi connectivity index (χ1v) is 18.5. The molecule has 8 rings (SSSR count).